The molecule has 0 saturated carbocycles. The Morgan fingerprint density at radius 2 is 1.64 bits per heavy atom. The summed E-state index contributed by atoms with van der Waals surface area (Å²) in [4.78, 5) is 42.6. The first-order chi connectivity index (χ1) is 16.0. The van der Waals surface area contributed by atoms with E-state index < -0.39 is 17.8 Å². The van der Waals surface area contributed by atoms with E-state index in [4.69, 9.17) is 4.42 Å². The second kappa shape index (κ2) is 6.96. The predicted molar refractivity (Wildman–Crippen MR) is 119 cm³/mol. The Balaban J connectivity index is 1.61. The summed E-state index contributed by atoms with van der Waals surface area (Å²) in [5.74, 6) is -2.36. The largest absolute Gasteiger partial charge is 0.460 e. The zero-order valence-electron chi connectivity index (χ0n) is 18.1. The average molecular weight is 440 g/mol. The number of carbonyl (C=O) groups is 2. The molecule has 1 saturated heterocycles. The molecule has 0 radical (unpaired) electrons. The quantitative estimate of drug-likeness (QED) is 0.445. The van der Waals surface area contributed by atoms with Gasteiger partial charge >= 0.3 is 0 Å². The number of rotatable bonds is 2. The van der Waals surface area contributed by atoms with Gasteiger partial charge in [0.1, 0.15) is 17.0 Å². The molecule has 2 aromatic heterocycles. The van der Waals surface area contributed by atoms with Crippen LogP contribution in [0.25, 0.3) is 22.2 Å². The molecule has 0 spiro atoms. The Hall–Kier alpha value is -4.07. The highest BCUT2D eigenvalue weighted by molar-refractivity contribution is 6.08. The van der Waals surface area contributed by atoms with Crippen molar-refractivity contribution in [2.45, 2.75) is 18.3 Å². The Morgan fingerprint density at radius 3 is 2.42 bits per heavy atom. The minimum atomic E-state index is -0.900. The fourth-order valence-electron chi connectivity index (χ4n) is 5.28. The number of carbonyl (C=O) groups excluding carboxylic acids is 2. The van der Waals surface area contributed by atoms with E-state index in [-0.39, 0.29) is 23.7 Å². The van der Waals surface area contributed by atoms with Gasteiger partial charge in [0, 0.05) is 32.0 Å². The molecule has 4 aromatic rings. The van der Waals surface area contributed by atoms with Crippen LogP contribution in [0.1, 0.15) is 28.9 Å². The number of imide groups is 1. The number of nitrogens with zero attached hydrogens (tertiary/aromatic N) is 4. The van der Waals surface area contributed by atoms with E-state index in [1.807, 2.05) is 30.3 Å². The second-order valence-corrected chi connectivity index (χ2v) is 8.60. The molecule has 33 heavy (non-hydrogen) atoms. The number of likely N-dealkylation sites (tertiary alicyclic amines) is 1. The number of benzene rings is 2. The van der Waals surface area contributed by atoms with Crippen LogP contribution in [-0.2, 0) is 23.1 Å². The van der Waals surface area contributed by atoms with Crippen LogP contribution >= 0.6 is 0 Å². The van der Waals surface area contributed by atoms with Gasteiger partial charge in [-0.05, 0) is 12.1 Å². The third-order valence-electron chi connectivity index (χ3n) is 6.77. The molecule has 3 unspecified atom stereocenters. The average Bonchev–Trinajstić information content (AvgIpc) is 3.33. The molecule has 164 valence electrons. The van der Waals surface area contributed by atoms with Crippen LogP contribution < -0.4 is 5.43 Å². The highest BCUT2D eigenvalue weighted by atomic mass is 16.3. The number of aromatic nitrogens is 3. The summed E-state index contributed by atoms with van der Waals surface area (Å²) in [7, 11) is 3.20. The van der Waals surface area contributed by atoms with Gasteiger partial charge in [0.15, 0.2) is 5.43 Å². The van der Waals surface area contributed by atoms with Crippen LogP contribution in [0, 0.1) is 5.92 Å². The smallest absolute Gasteiger partial charge is 0.237 e. The van der Waals surface area contributed by atoms with Crippen LogP contribution in [0.5, 0.6) is 0 Å². The summed E-state index contributed by atoms with van der Waals surface area (Å²) in [5, 5.41) is 9.59. The molecule has 1 fully saturated rings. The monoisotopic (exact) mass is 440 g/mol. The third kappa shape index (κ3) is 2.73. The second-order valence-electron chi connectivity index (χ2n) is 8.60. The standard InChI is InChI=1S/C25H20N4O4/c1-28-24(31)18-15(22-21(26-29(2)27-22)13-8-4-3-5-9-13)12-17-19(20(18)25(28)32)23(30)14-10-6-7-11-16(14)33-17/h3-11,15,18,20H,12H2,1-2H3. The maximum Gasteiger partial charge on any atom is 0.237 e. The molecular weight excluding hydrogens is 420 g/mol. The van der Waals surface area contributed by atoms with Crippen molar-refractivity contribution in [2.75, 3.05) is 7.05 Å². The number of hydrogen-bond donors (Lipinski definition) is 0. The van der Waals surface area contributed by atoms with Crippen molar-refractivity contribution in [1.82, 2.24) is 19.9 Å². The number of para-hydroxylation sites is 1. The lowest BCUT2D eigenvalue weighted by Crippen LogP contribution is -2.35. The predicted octanol–water partition coefficient (Wildman–Crippen LogP) is 2.63. The maximum absolute atomic E-state index is 13.4. The molecule has 2 aromatic carbocycles. The van der Waals surface area contributed by atoms with E-state index in [9.17, 15) is 14.4 Å². The van der Waals surface area contributed by atoms with Gasteiger partial charge in [-0.3, -0.25) is 19.3 Å². The first-order valence-electron chi connectivity index (χ1n) is 10.8. The first-order valence-corrected chi connectivity index (χ1v) is 10.8. The SMILES string of the molecule is CN1C(=O)C2c3c(oc4ccccc4c3=O)CC(c3nn(C)nc3-c3ccccc3)C2C1=O. The molecule has 3 atom stereocenters. The van der Waals surface area contributed by atoms with Crippen molar-refractivity contribution in [2.24, 2.45) is 13.0 Å². The Labute approximate surface area is 188 Å². The van der Waals surface area contributed by atoms with Crippen molar-refractivity contribution in [1.29, 1.82) is 0 Å². The van der Waals surface area contributed by atoms with Gasteiger partial charge in [-0.25, -0.2) is 0 Å². The van der Waals surface area contributed by atoms with Gasteiger partial charge < -0.3 is 4.42 Å². The van der Waals surface area contributed by atoms with Crippen molar-refractivity contribution >= 4 is 22.8 Å². The van der Waals surface area contributed by atoms with E-state index in [1.165, 1.54) is 11.8 Å². The zero-order chi connectivity index (χ0) is 22.9. The van der Waals surface area contributed by atoms with E-state index in [1.54, 1.807) is 31.3 Å². The molecule has 1 aliphatic carbocycles. The molecule has 8 nitrogen and oxygen atoms in total. The molecule has 8 heteroatoms. The lowest BCUT2D eigenvalue weighted by atomic mass is 9.70. The lowest BCUT2D eigenvalue weighted by Gasteiger charge is -2.30. The molecule has 1 aliphatic heterocycles. The van der Waals surface area contributed by atoms with Gasteiger partial charge in [-0.2, -0.15) is 15.0 Å². The van der Waals surface area contributed by atoms with Crippen molar-refractivity contribution in [3.63, 3.8) is 0 Å². The summed E-state index contributed by atoms with van der Waals surface area (Å²) in [6.07, 6.45) is 0.280. The van der Waals surface area contributed by atoms with Gasteiger partial charge in [-0.15, -0.1) is 0 Å². The van der Waals surface area contributed by atoms with Crippen LogP contribution in [0.2, 0.25) is 0 Å². The molecular formula is C25H20N4O4. The van der Waals surface area contributed by atoms with Crippen LogP contribution in [0.3, 0.4) is 0 Å². The maximum atomic E-state index is 13.4. The summed E-state index contributed by atoms with van der Waals surface area (Å²) in [6.45, 7) is 0. The van der Waals surface area contributed by atoms with Gasteiger partial charge in [-0.1, -0.05) is 42.5 Å². The van der Waals surface area contributed by atoms with Gasteiger partial charge in [0.05, 0.1) is 28.5 Å². The third-order valence-corrected chi connectivity index (χ3v) is 6.77. The van der Waals surface area contributed by atoms with E-state index in [0.29, 0.717) is 33.7 Å². The molecule has 0 N–H and O–H groups in total. The van der Waals surface area contributed by atoms with E-state index >= 15 is 0 Å². The summed E-state index contributed by atoms with van der Waals surface area (Å²) in [6, 6.07) is 16.6. The normalized spacial score (nSPS) is 22.0. The van der Waals surface area contributed by atoms with Crippen LogP contribution in [0.4, 0.5) is 0 Å². The molecule has 2 amide bonds. The van der Waals surface area contributed by atoms with E-state index in [0.717, 1.165) is 10.5 Å². The lowest BCUT2D eigenvalue weighted by molar-refractivity contribution is -0.138. The van der Waals surface area contributed by atoms with Crippen molar-refractivity contribution in [3.8, 4) is 11.3 Å². The number of hydrogen-bond acceptors (Lipinski definition) is 6. The van der Waals surface area contributed by atoms with Gasteiger partial charge in [0.25, 0.3) is 0 Å². The fourth-order valence-corrected chi connectivity index (χ4v) is 5.28. The summed E-state index contributed by atoms with van der Waals surface area (Å²) < 4.78 is 6.16. The summed E-state index contributed by atoms with van der Waals surface area (Å²) in [5.41, 5.74) is 2.65. The fraction of sp³-hybridized carbons (Fsp3) is 0.240. The Morgan fingerprint density at radius 1 is 0.909 bits per heavy atom. The molecule has 6 rings (SSSR count). The highest BCUT2D eigenvalue weighted by Crippen LogP contribution is 2.49. The molecule has 0 bridgehead atoms. The van der Waals surface area contributed by atoms with Crippen molar-refractivity contribution in [3.05, 3.63) is 81.8 Å². The Kier molecular flexibility index (Phi) is 4.14. The topological polar surface area (TPSA) is 98.3 Å². The number of likely N-dealkylation sites (N-methyl/N-ethyl adjacent to an activating group) is 1. The first kappa shape index (κ1) is 19.6. The number of fused-ring (bicyclic) bond motifs is 4. The number of amides is 2. The number of aryl methyl sites for hydroxylation is 1. The molecule has 2 aliphatic rings. The zero-order valence-corrected chi connectivity index (χ0v) is 18.1. The van der Waals surface area contributed by atoms with Crippen molar-refractivity contribution < 1.29 is 14.0 Å². The Bertz CT molecular complexity index is 1500. The minimum absolute atomic E-state index is 0.251. The van der Waals surface area contributed by atoms with Crippen LogP contribution in [-0.4, -0.2) is 38.8 Å². The minimum Gasteiger partial charge on any atom is -0.460 e. The van der Waals surface area contributed by atoms with Crippen LogP contribution in [0.15, 0.2) is 63.8 Å². The summed E-state index contributed by atoms with van der Waals surface area (Å²) >= 11 is 0. The van der Waals surface area contributed by atoms with Gasteiger partial charge in [0.2, 0.25) is 11.8 Å². The molecule has 3 heterocycles. The highest BCUT2D eigenvalue weighted by Gasteiger charge is 2.56. The van der Waals surface area contributed by atoms with E-state index in [2.05, 4.69) is 10.2 Å².